The Morgan fingerprint density at radius 3 is 2.19 bits per heavy atom. The predicted molar refractivity (Wildman–Crippen MR) is 92.5 cm³/mol. The van der Waals surface area contributed by atoms with Crippen LogP contribution in [0.5, 0.6) is 0 Å². The first-order valence-corrected chi connectivity index (χ1v) is 8.92. The van der Waals surface area contributed by atoms with Crippen molar-refractivity contribution in [2.45, 2.75) is 65.8 Å². The molecule has 0 amide bonds. The van der Waals surface area contributed by atoms with Crippen LogP contribution in [0.4, 0.5) is 0 Å². The Bertz CT molecular complexity index is 398. The molecule has 1 saturated carbocycles. The normalized spacial score (nSPS) is 24.2. The summed E-state index contributed by atoms with van der Waals surface area (Å²) in [5.41, 5.74) is 2.96. The zero-order chi connectivity index (χ0) is 15.2. The molecule has 1 fully saturated rings. The molecule has 0 heterocycles. The number of nitrogens with one attached hydrogen (secondary N) is 1. The third-order valence-electron chi connectivity index (χ3n) is 4.94. The van der Waals surface area contributed by atoms with Gasteiger partial charge in [0, 0.05) is 6.04 Å². The minimum absolute atomic E-state index is 0.551. The van der Waals surface area contributed by atoms with Gasteiger partial charge in [0.2, 0.25) is 0 Å². The lowest BCUT2D eigenvalue weighted by Crippen LogP contribution is -2.30. The first kappa shape index (κ1) is 16.5. The van der Waals surface area contributed by atoms with Crippen molar-refractivity contribution < 1.29 is 0 Å². The predicted octanol–water partition coefficient (Wildman–Crippen LogP) is 5.36. The van der Waals surface area contributed by atoms with Gasteiger partial charge in [0.1, 0.15) is 0 Å². The van der Waals surface area contributed by atoms with Gasteiger partial charge in [0.05, 0.1) is 0 Å². The molecule has 0 saturated heterocycles. The van der Waals surface area contributed by atoms with Crippen LogP contribution in [0.1, 0.15) is 70.5 Å². The summed E-state index contributed by atoms with van der Waals surface area (Å²) in [6, 6.07) is 9.96. The Morgan fingerprint density at radius 1 is 1.05 bits per heavy atom. The van der Waals surface area contributed by atoms with Crippen molar-refractivity contribution in [2.24, 2.45) is 17.8 Å². The lowest BCUT2D eigenvalue weighted by Gasteiger charge is -2.33. The summed E-state index contributed by atoms with van der Waals surface area (Å²) in [4.78, 5) is 0. The molecule has 1 aromatic carbocycles. The van der Waals surface area contributed by atoms with Crippen LogP contribution in [-0.2, 0) is 6.42 Å². The molecular formula is C20H33N. The van der Waals surface area contributed by atoms with Crippen LogP contribution in [0.2, 0.25) is 0 Å². The van der Waals surface area contributed by atoms with Crippen molar-refractivity contribution in [1.29, 1.82) is 0 Å². The third kappa shape index (κ3) is 4.85. The van der Waals surface area contributed by atoms with Gasteiger partial charge in [-0.15, -0.1) is 0 Å². The maximum absolute atomic E-state index is 3.74. The fraction of sp³-hybridized carbons (Fsp3) is 0.700. The summed E-state index contributed by atoms with van der Waals surface area (Å²) in [5, 5.41) is 3.74. The van der Waals surface area contributed by atoms with Crippen molar-refractivity contribution in [3.63, 3.8) is 0 Å². The molecule has 1 aliphatic rings. The minimum atomic E-state index is 0.551. The highest BCUT2D eigenvalue weighted by atomic mass is 14.9. The van der Waals surface area contributed by atoms with Crippen molar-refractivity contribution in [1.82, 2.24) is 5.32 Å². The molecule has 1 aromatic rings. The summed E-state index contributed by atoms with van der Waals surface area (Å²) in [7, 11) is 0. The van der Waals surface area contributed by atoms with E-state index in [2.05, 4.69) is 57.3 Å². The Balaban J connectivity index is 2.06. The number of hydrogen-bond donors (Lipinski definition) is 1. The molecule has 118 valence electrons. The molecule has 1 atom stereocenters. The second-order valence-electron chi connectivity index (χ2n) is 7.39. The number of hydrogen-bond acceptors (Lipinski definition) is 1. The Labute approximate surface area is 131 Å². The lowest BCUT2D eigenvalue weighted by molar-refractivity contribution is 0.233. The fourth-order valence-electron chi connectivity index (χ4n) is 3.73. The van der Waals surface area contributed by atoms with E-state index in [1.54, 1.807) is 0 Å². The molecular weight excluding hydrogens is 254 g/mol. The molecule has 0 aliphatic heterocycles. The molecule has 0 bridgehead atoms. The number of rotatable bonds is 6. The molecule has 1 nitrogen and oxygen atoms in total. The van der Waals surface area contributed by atoms with Crippen molar-refractivity contribution >= 4 is 0 Å². The topological polar surface area (TPSA) is 12.0 Å². The fourth-order valence-corrected chi connectivity index (χ4v) is 3.73. The first-order chi connectivity index (χ1) is 10.1. The molecule has 1 unspecified atom stereocenters. The lowest BCUT2D eigenvalue weighted by atomic mass is 9.77. The van der Waals surface area contributed by atoms with Crippen molar-refractivity contribution in [3.8, 4) is 0 Å². The van der Waals surface area contributed by atoms with Crippen LogP contribution >= 0.6 is 0 Å². The highest BCUT2D eigenvalue weighted by Gasteiger charge is 2.26. The summed E-state index contributed by atoms with van der Waals surface area (Å²) >= 11 is 0. The van der Waals surface area contributed by atoms with Gasteiger partial charge < -0.3 is 5.32 Å². The zero-order valence-corrected chi connectivity index (χ0v) is 14.4. The van der Waals surface area contributed by atoms with Crippen LogP contribution in [0.3, 0.4) is 0 Å². The van der Waals surface area contributed by atoms with E-state index < -0.39 is 0 Å². The molecule has 0 spiro atoms. The second-order valence-corrected chi connectivity index (χ2v) is 7.39. The third-order valence-corrected chi connectivity index (χ3v) is 4.94. The van der Waals surface area contributed by atoms with Gasteiger partial charge >= 0.3 is 0 Å². The molecule has 1 heteroatoms. The van der Waals surface area contributed by atoms with Gasteiger partial charge in [-0.1, -0.05) is 64.8 Å². The van der Waals surface area contributed by atoms with Gasteiger partial charge in [-0.05, 0) is 54.7 Å². The number of benzene rings is 1. The van der Waals surface area contributed by atoms with Gasteiger partial charge in [-0.25, -0.2) is 0 Å². The van der Waals surface area contributed by atoms with Gasteiger partial charge in [0.15, 0.2) is 0 Å². The molecule has 0 aromatic heterocycles. The van der Waals surface area contributed by atoms with Gasteiger partial charge in [-0.3, -0.25) is 0 Å². The maximum atomic E-state index is 3.74. The quantitative estimate of drug-likeness (QED) is 0.742. The van der Waals surface area contributed by atoms with E-state index in [4.69, 9.17) is 0 Å². The van der Waals surface area contributed by atoms with Crippen LogP contribution in [-0.4, -0.2) is 6.54 Å². The summed E-state index contributed by atoms with van der Waals surface area (Å²) in [5.74, 6) is 2.48. The highest BCUT2D eigenvalue weighted by molar-refractivity contribution is 5.26. The van der Waals surface area contributed by atoms with Crippen molar-refractivity contribution in [2.75, 3.05) is 6.54 Å². The second kappa shape index (κ2) is 7.98. The van der Waals surface area contributed by atoms with E-state index in [0.29, 0.717) is 6.04 Å². The first-order valence-electron chi connectivity index (χ1n) is 8.92. The van der Waals surface area contributed by atoms with E-state index in [0.717, 1.165) is 24.3 Å². The average Bonchev–Trinajstić information content (AvgIpc) is 2.46. The highest BCUT2D eigenvalue weighted by Crippen LogP contribution is 2.36. The summed E-state index contributed by atoms with van der Waals surface area (Å²) in [6.07, 6.45) is 6.75. The van der Waals surface area contributed by atoms with E-state index >= 15 is 0 Å². The molecule has 21 heavy (non-hydrogen) atoms. The van der Waals surface area contributed by atoms with E-state index in [1.807, 2.05) is 0 Å². The van der Waals surface area contributed by atoms with Crippen molar-refractivity contribution in [3.05, 3.63) is 35.4 Å². The van der Waals surface area contributed by atoms with Crippen LogP contribution < -0.4 is 5.32 Å². The average molecular weight is 287 g/mol. The summed E-state index contributed by atoms with van der Waals surface area (Å²) in [6.45, 7) is 10.3. The Hall–Kier alpha value is -0.820. The molecule has 1 aliphatic carbocycles. The maximum Gasteiger partial charge on any atom is 0.0348 e. The van der Waals surface area contributed by atoms with Gasteiger partial charge in [0.25, 0.3) is 0 Å². The van der Waals surface area contributed by atoms with Crippen LogP contribution in [0, 0.1) is 17.8 Å². The Morgan fingerprint density at radius 2 is 1.67 bits per heavy atom. The minimum Gasteiger partial charge on any atom is -0.310 e. The standard InChI is InChI=1S/C20H33N/c1-5-21-20(18-10-6-16(4)7-11-18)19-12-8-17(9-13-19)14-15(2)3/h8-9,12-13,15-16,18,20-21H,5-7,10-11,14H2,1-4H3. The smallest absolute Gasteiger partial charge is 0.0348 e. The van der Waals surface area contributed by atoms with Gasteiger partial charge in [-0.2, -0.15) is 0 Å². The monoisotopic (exact) mass is 287 g/mol. The van der Waals surface area contributed by atoms with E-state index in [1.165, 1.54) is 43.2 Å². The molecule has 2 rings (SSSR count). The van der Waals surface area contributed by atoms with E-state index in [9.17, 15) is 0 Å². The van der Waals surface area contributed by atoms with E-state index in [-0.39, 0.29) is 0 Å². The SMILES string of the molecule is CCNC(c1ccc(CC(C)C)cc1)C1CCC(C)CC1. The zero-order valence-electron chi connectivity index (χ0n) is 14.4. The van der Waals surface area contributed by atoms with Crippen LogP contribution in [0.15, 0.2) is 24.3 Å². The molecule has 1 N–H and O–H groups in total. The van der Waals surface area contributed by atoms with Crippen LogP contribution in [0.25, 0.3) is 0 Å². The largest absolute Gasteiger partial charge is 0.310 e. The summed E-state index contributed by atoms with van der Waals surface area (Å²) < 4.78 is 0. The Kier molecular flexibility index (Phi) is 6.29. The molecule has 0 radical (unpaired) electrons.